The van der Waals surface area contributed by atoms with Crippen LogP contribution in [0, 0.1) is 0 Å². The molecule has 23 heavy (non-hydrogen) atoms. The second-order valence-corrected chi connectivity index (χ2v) is 5.79. The Kier molecular flexibility index (Phi) is 3.43. The highest BCUT2D eigenvalue weighted by Gasteiger charge is 2.16. The molecule has 1 aromatic carbocycles. The van der Waals surface area contributed by atoms with Crippen molar-refractivity contribution in [2.45, 2.75) is 6.54 Å². The van der Waals surface area contributed by atoms with E-state index in [4.69, 9.17) is 13.9 Å². The number of nitrogens with zero attached hydrogens (tertiary/aromatic N) is 2. The van der Waals surface area contributed by atoms with Crippen molar-refractivity contribution in [3.8, 4) is 22.1 Å². The predicted molar refractivity (Wildman–Crippen MR) is 81.3 cm³/mol. The zero-order valence-corrected chi connectivity index (χ0v) is 12.6. The molecule has 7 nitrogen and oxygen atoms in total. The first kappa shape index (κ1) is 13.8. The Bertz CT molecular complexity index is 844. The minimum Gasteiger partial charge on any atom is -0.454 e. The van der Waals surface area contributed by atoms with Gasteiger partial charge in [-0.05, 0) is 18.2 Å². The molecule has 3 aromatic rings. The van der Waals surface area contributed by atoms with E-state index >= 15 is 0 Å². The van der Waals surface area contributed by atoms with Gasteiger partial charge in [0.05, 0.1) is 18.4 Å². The molecule has 0 saturated carbocycles. The molecule has 0 atom stereocenters. The molecule has 1 amide bonds. The van der Waals surface area contributed by atoms with Crippen LogP contribution in [0.3, 0.4) is 0 Å². The maximum atomic E-state index is 12.1. The quantitative estimate of drug-likeness (QED) is 0.791. The number of hydrogen-bond acceptors (Lipinski definition) is 7. The van der Waals surface area contributed by atoms with Gasteiger partial charge < -0.3 is 19.2 Å². The van der Waals surface area contributed by atoms with Gasteiger partial charge in [-0.3, -0.25) is 4.79 Å². The summed E-state index contributed by atoms with van der Waals surface area (Å²) in [5.41, 5.74) is 1.55. The molecular weight excluding hydrogens is 318 g/mol. The molecule has 8 heteroatoms. The van der Waals surface area contributed by atoms with Gasteiger partial charge in [-0.1, -0.05) is 0 Å². The number of carbonyl (C=O) groups is 1. The molecule has 0 saturated heterocycles. The standard InChI is InChI=1S/C15H11N3O4S/c19-14(16-4-10-6-20-7-18-10)13-5-17-15(23-13)9-1-2-11-12(3-9)22-8-21-11/h1-3,5-7H,4,8H2,(H,16,19). The second kappa shape index (κ2) is 5.73. The topological polar surface area (TPSA) is 86.5 Å². The Morgan fingerprint density at radius 3 is 3.04 bits per heavy atom. The molecule has 2 aromatic heterocycles. The number of ether oxygens (including phenoxy) is 2. The highest BCUT2D eigenvalue weighted by atomic mass is 32.1. The zero-order chi connectivity index (χ0) is 15.6. The van der Waals surface area contributed by atoms with E-state index in [-0.39, 0.29) is 12.7 Å². The van der Waals surface area contributed by atoms with Crippen molar-refractivity contribution < 1.29 is 18.7 Å². The summed E-state index contributed by atoms with van der Waals surface area (Å²) in [6, 6.07) is 5.59. The molecule has 0 fully saturated rings. The number of carbonyl (C=O) groups excluding carboxylic acids is 1. The van der Waals surface area contributed by atoms with E-state index in [1.807, 2.05) is 18.2 Å². The SMILES string of the molecule is O=C(NCc1cocn1)c1cnc(-c2ccc3c(c2)OCO3)s1. The fraction of sp³-hybridized carbons (Fsp3) is 0.133. The highest BCUT2D eigenvalue weighted by Crippen LogP contribution is 2.36. The maximum absolute atomic E-state index is 12.1. The molecule has 116 valence electrons. The number of amides is 1. The maximum Gasteiger partial charge on any atom is 0.263 e. The molecular formula is C15H11N3O4S. The molecule has 0 radical (unpaired) electrons. The number of fused-ring (bicyclic) bond motifs is 1. The van der Waals surface area contributed by atoms with Gasteiger partial charge in [0.15, 0.2) is 17.9 Å². The van der Waals surface area contributed by atoms with Crippen molar-refractivity contribution in [1.29, 1.82) is 0 Å². The summed E-state index contributed by atoms with van der Waals surface area (Å²) in [5.74, 6) is 1.21. The lowest BCUT2D eigenvalue weighted by Crippen LogP contribution is -2.21. The summed E-state index contributed by atoms with van der Waals surface area (Å²) in [6.07, 6.45) is 4.37. The lowest BCUT2D eigenvalue weighted by Gasteiger charge is -2.00. The Morgan fingerprint density at radius 2 is 2.17 bits per heavy atom. The van der Waals surface area contributed by atoms with Crippen molar-refractivity contribution in [2.75, 3.05) is 6.79 Å². The van der Waals surface area contributed by atoms with Crippen LogP contribution < -0.4 is 14.8 Å². The normalized spacial score (nSPS) is 12.3. The first-order valence-corrected chi connectivity index (χ1v) is 7.62. The van der Waals surface area contributed by atoms with Crippen LogP contribution >= 0.6 is 11.3 Å². The summed E-state index contributed by atoms with van der Waals surface area (Å²) in [5, 5.41) is 3.52. The lowest BCUT2D eigenvalue weighted by atomic mass is 10.2. The summed E-state index contributed by atoms with van der Waals surface area (Å²) < 4.78 is 15.5. The van der Waals surface area contributed by atoms with Crippen LogP contribution in [-0.2, 0) is 6.54 Å². The second-order valence-electron chi connectivity index (χ2n) is 4.76. The van der Waals surface area contributed by atoms with Gasteiger partial charge in [0.25, 0.3) is 5.91 Å². The number of nitrogens with one attached hydrogen (secondary N) is 1. The molecule has 1 aliphatic heterocycles. The first-order valence-electron chi connectivity index (χ1n) is 6.81. The summed E-state index contributed by atoms with van der Waals surface area (Å²) >= 11 is 1.31. The molecule has 1 N–H and O–H groups in total. The molecule has 0 bridgehead atoms. The van der Waals surface area contributed by atoms with E-state index in [1.165, 1.54) is 24.0 Å². The molecule has 4 rings (SSSR count). The molecule has 3 heterocycles. The average Bonchev–Trinajstić information content (AvgIpc) is 3.32. The molecule has 1 aliphatic rings. The number of hydrogen-bond donors (Lipinski definition) is 1. The van der Waals surface area contributed by atoms with E-state index in [2.05, 4.69) is 15.3 Å². The lowest BCUT2D eigenvalue weighted by molar-refractivity contribution is 0.0954. The van der Waals surface area contributed by atoms with Crippen molar-refractivity contribution in [3.63, 3.8) is 0 Å². The van der Waals surface area contributed by atoms with Gasteiger partial charge in [-0.25, -0.2) is 9.97 Å². The van der Waals surface area contributed by atoms with Crippen LogP contribution in [0.25, 0.3) is 10.6 Å². The Labute approximate surface area is 134 Å². The van der Waals surface area contributed by atoms with E-state index in [0.29, 0.717) is 22.9 Å². The third kappa shape index (κ3) is 2.76. The zero-order valence-electron chi connectivity index (χ0n) is 11.8. The number of rotatable bonds is 4. The number of aromatic nitrogens is 2. The Balaban J connectivity index is 1.49. The van der Waals surface area contributed by atoms with Crippen LogP contribution in [0.15, 0.2) is 41.5 Å². The van der Waals surface area contributed by atoms with Crippen molar-refractivity contribution in [3.05, 3.63) is 47.6 Å². The highest BCUT2D eigenvalue weighted by molar-refractivity contribution is 7.16. The van der Waals surface area contributed by atoms with Gasteiger partial charge in [0.1, 0.15) is 16.1 Å². The fourth-order valence-corrected chi connectivity index (χ4v) is 2.95. The number of oxazole rings is 1. The van der Waals surface area contributed by atoms with Gasteiger partial charge in [0, 0.05) is 5.56 Å². The van der Waals surface area contributed by atoms with E-state index in [1.54, 1.807) is 6.20 Å². The number of thiazole rings is 1. The van der Waals surface area contributed by atoms with Gasteiger partial charge >= 0.3 is 0 Å². The van der Waals surface area contributed by atoms with E-state index in [0.717, 1.165) is 16.3 Å². The molecule has 0 aliphatic carbocycles. The predicted octanol–water partition coefficient (Wildman–Crippen LogP) is 2.46. The van der Waals surface area contributed by atoms with E-state index in [9.17, 15) is 4.79 Å². The third-order valence-corrected chi connectivity index (χ3v) is 4.31. The van der Waals surface area contributed by atoms with E-state index < -0.39 is 0 Å². The van der Waals surface area contributed by atoms with Crippen LogP contribution in [0.4, 0.5) is 0 Å². The molecule has 0 spiro atoms. The summed E-state index contributed by atoms with van der Waals surface area (Å²) in [6.45, 7) is 0.541. The minimum absolute atomic E-state index is 0.197. The third-order valence-electron chi connectivity index (χ3n) is 3.26. The monoisotopic (exact) mass is 329 g/mol. The van der Waals surface area contributed by atoms with Gasteiger partial charge in [-0.15, -0.1) is 11.3 Å². The smallest absolute Gasteiger partial charge is 0.263 e. The van der Waals surface area contributed by atoms with Crippen molar-refractivity contribution >= 4 is 17.2 Å². The average molecular weight is 329 g/mol. The van der Waals surface area contributed by atoms with Crippen molar-refractivity contribution in [1.82, 2.24) is 15.3 Å². The van der Waals surface area contributed by atoms with Crippen LogP contribution in [0.5, 0.6) is 11.5 Å². The molecule has 0 unspecified atom stereocenters. The van der Waals surface area contributed by atoms with Crippen molar-refractivity contribution in [2.24, 2.45) is 0 Å². The summed E-state index contributed by atoms with van der Waals surface area (Å²) in [7, 11) is 0. The van der Waals surface area contributed by atoms with Gasteiger partial charge in [-0.2, -0.15) is 0 Å². The fourth-order valence-electron chi connectivity index (χ4n) is 2.12. The Hall–Kier alpha value is -2.87. The first-order chi connectivity index (χ1) is 11.3. The number of benzene rings is 1. The minimum atomic E-state index is -0.197. The van der Waals surface area contributed by atoms with Crippen LogP contribution in [-0.4, -0.2) is 22.7 Å². The summed E-state index contributed by atoms with van der Waals surface area (Å²) in [4.78, 5) is 20.9. The largest absolute Gasteiger partial charge is 0.454 e. The Morgan fingerprint density at radius 1 is 1.26 bits per heavy atom. The van der Waals surface area contributed by atoms with Crippen LogP contribution in [0.2, 0.25) is 0 Å². The van der Waals surface area contributed by atoms with Crippen LogP contribution in [0.1, 0.15) is 15.4 Å². The van der Waals surface area contributed by atoms with Gasteiger partial charge in [0.2, 0.25) is 6.79 Å².